The maximum Gasteiger partial charge on any atom is 0.409 e. The quantitative estimate of drug-likeness (QED) is 0.867. The molecule has 0 N–H and O–H groups in total. The van der Waals surface area contributed by atoms with Gasteiger partial charge in [0.1, 0.15) is 6.61 Å². The number of rotatable bonds is 4. The van der Waals surface area contributed by atoms with Crippen LogP contribution in [0.1, 0.15) is 22.6 Å². The normalized spacial score (nSPS) is 20.8. The molecule has 2 heterocycles. The molecular weight excluding hydrogens is 300 g/mol. The van der Waals surface area contributed by atoms with Crippen LogP contribution in [-0.2, 0) is 11.3 Å². The number of hydrogen-bond donors (Lipinski definition) is 0. The first kappa shape index (κ1) is 15.2. The molecule has 2 aliphatic rings. The second kappa shape index (κ2) is 6.65. The molecule has 2 aromatic carbocycles. The van der Waals surface area contributed by atoms with Crippen molar-refractivity contribution in [2.45, 2.75) is 12.5 Å². The van der Waals surface area contributed by atoms with E-state index in [4.69, 9.17) is 4.74 Å². The summed E-state index contributed by atoms with van der Waals surface area (Å²) < 4.78 is 5.02. The van der Waals surface area contributed by atoms with Crippen molar-refractivity contribution in [3.8, 4) is 0 Å². The summed E-state index contributed by atoms with van der Waals surface area (Å²) in [5, 5.41) is 0. The van der Waals surface area contributed by atoms with E-state index in [-0.39, 0.29) is 6.09 Å². The van der Waals surface area contributed by atoms with Gasteiger partial charge in [-0.25, -0.2) is 4.79 Å². The summed E-state index contributed by atoms with van der Waals surface area (Å²) >= 11 is 0. The van der Waals surface area contributed by atoms with Crippen molar-refractivity contribution >= 4 is 6.09 Å². The number of hydrogen-bond acceptors (Lipinski definition) is 3. The van der Waals surface area contributed by atoms with Gasteiger partial charge in [-0.1, -0.05) is 54.6 Å². The second-order valence-corrected chi connectivity index (χ2v) is 6.50. The average molecular weight is 322 g/mol. The minimum Gasteiger partial charge on any atom is -0.448 e. The van der Waals surface area contributed by atoms with Gasteiger partial charge in [0.15, 0.2) is 0 Å². The molecule has 1 amide bonds. The third kappa shape index (κ3) is 3.02. The van der Waals surface area contributed by atoms with Gasteiger partial charge in [-0.05, 0) is 16.7 Å². The van der Waals surface area contributed by atoms with E-state index in [2.05, 4.69) is 59.5 Å². The molecule has 1 atom stereocenters. The number of nitrogens with zero attached hydrogens (tertiary/aromatic N) is 2. The van der Waals surface area contributed by atoms with Crippen LogP contribution in [0.3, 0.4) is 0 Å². The average Bonchev–Trinajstić information content (AvgIpc) is 3.05. The zero-order valence-corrected chi connectivity index (χ0v) is 13.7. The summed E-state index contributed by atoms with van der Waals surface area (Å²) in [6, 6.07) is 19.4. The van der Waals surface area contributed by atoms with E-state index in [9.17, 15) is 4.79 Å². The van der Waals surface area contributed by atoms with E-state index in [0.29, 0.717) is 19.1 Å². The molecule has 0 spiro atoms. The van der Waals surface area contributed by atoms with Gasteiger partial charge in [0.2, 0.25) is 0 Å². The van der Waals surface area contributed by atoms with Gasteiger partial charge in [-0.2, -0.15) is 0 Å². The Labute approximate surface area is 142 Å². The monoisotopic (exact) mass is 322 g/mol. The number of cyclic esters (lactones) is 1. The Morgan fingerprint density at radius 1 is 1.00 bits per heavy atom. The molecule has 4 rings (SSSR count). The van der Waals surface area contributed by atoms with Gasteiger partial charge in [0, 0.05) is 32.1 Å². The summed E-state index contributed by atoms with van der Waals surface area (Å²) in [6.07, 6.45) is -0.174. The van der Waals surface area contributed by atoms with Crippen molar-refractivity contribution < 1.29 is 9.53 Å². The summed E-state index contributed by atoms with van der Waals surface area (Å²) in [5.74, 6) is 0.390. The minimum atomic E-state index is -0.174. The predicted octanol–water partition coefficient (Wildman–Crippen LogP) is 3.09. The Morgan fingerprint density at radius 2 is 1.79 bits per heavy atom. The lowest BCUT2D eigenvalue weighted by atomic mass is 9.85. The van der Waals surface area contributed by atoms with Crippen LogP contribution in [-0.4, -0.2) is 48.7 Å². The van der Waals surface area contributed by atoms with E-state index >= 15 is 0 Å². The SMILES string of the molecule is O=C1OCCN1CCN1Cc2ccccc2[C@@H](c2ccccc2)C1. The van der Waals surface area contributed by atoms with Crippen molar-refractivity contribution in [3.63, 3.8) is 0 Å². The molecule has 0 aromatic heterocycles. The number of fused-ring (bicyclic) bond motifs is 1. The first-order chi connectivity index (χ1) is 11.8. The van der Waals surface area contributed by atoms with Crippen LogP contribution in [0, 0.1) is 0 Å². The largest absolute Gasteiger partial charge is 0.448 e. The van der Waals surface area contributed by atoms with Gasteiger partial charge in [0.25, 0.3) is 0 Å². The molecule has 0 aliphatic carbocycles. The van der Waals surface area contributed by atoms with Crippen LogP contribution in [0.5, 0.6) is 0 Å². The zero-order valence-electron chi connectivity index (χ0n) is 13.7. The van der Waals surface area contributed by atoms with Crippen molar-refractivity contribution in [1.82, 2.24) is 9.80 Å². The molecule has 0 saturated carbocycles. The summed E-state index contributed by atoms with van der Waals surface area (Å²) in [6.45, 7) is 4.79. The Hall–Kier alpha value is -2.33. The summed E-state index contributed by atoms with van der Waals surface area (Å²) in [5.41, 5.74) is 4.18. The van der Waals surface area contributed by atoms with Crippen LogP contribution in [0.25, 0.3) is 0 Å². The molecule has 0 bridgehead atoms. The van der Waals surface area contributed by atoms with Crippen LogP contribution < -0.4 is 0 Å². The zero-order chi connectivity index (χ0) is 16.4. The first-order valence-corrected chi connectivity index (χ1v) is 8.58. The summed E-state index contributed by atoms with van der Waals surface area (Å²) in [7, 11) is 0. The molecule has 4 heteroatoms. The van der Waals surface area contributed by atoms with E-state index in [1.54, 1.807) is 4.90 Å². The van der Waals surface area contributed by atoms with Crippen molar-refractivity contribution in [1.29, 1.82) is 0 Å². The Balaban J connectivity index is 1.53. The number of ether oxygens (including phenoxy) is 1. The molecular formula is C20H22N2O2. The van der Waals surface area contributed by atoms with E-state index in [1.165, 1.54) is 16.7 Å². The number of carbonyl (C=O) groups excluding carboxylic acids is 1. The summed E-state index contributed by atoms with van der Waals surface area (Å²) in [4.78, 5) is 15.9. The first-order valence-electron chi connectivity index (χ1n) is 8.58. The highest BCUT2D eigenvalue weighted by Crippen LogP contribution is 2.33. The van der Waals surface area contributed by atoms with E-state index < -0.39 is 0 Å². The highest BCUT2D eigenvalue weighted by molar-refractivity contribution is 5.69. The van der Waals surface area contributed by atoms with Gasteiger partial charge in [-0.15, -0.1) is 0 Å². The standard InChI is InChI=1S/C20H22N2O2/c23-20-22(12-13-24-20)11-10-21-14-17-8-4-5-9-18(17)19(15-21)16-6-2-1-3-7-16/h1-9,19H,10-15H2/t19-/m1/s1. The predicted molar refractivity (Wildman–Crippen MR) is 92.9 cm³/mol. The topological polar surface area (TPSA) is 32.8 Å². The highest BCUT2D eigenvalue weighted by atomic mass is 16.6. The molecule has 0 radical (unpaired) electrons. The van der Waals surface area contributed by atoms with Gasteiger partial charge in [0.05, 0.1) is 6.54 Å². The lowest BCUT2D eigenvalue weighted by Gasteiger charge is -2.35. The van der Waals surface area contributed by atoms with Gasteiger partial charge < -0.3 is 9.64 Å². The van der Waals surface area contributed by atoms with Gasteiger partial charge in [-0.3, -0.25) is 4.90 Å². The molecule has 1 saturated heterocycles. The lowest BCUT2D eigenvalue weighted by Crippen LogP contribution is -2.40. The van der Waals surface area contributed by atoms with Gasteiger partial charge >= 0.3 is 6.09 Å². The minimum absolute atomic E-state index is 0.174. The molecule has 1 fully saturated rings. The Kier molecular flexibility index (Phi) is 4.22. The van der Waals surface area contributed by atoms with Crippen molar-refractivity contribution in [3.05, 3.63) is 71.3 Å². The van der Waals surface area contributed by atoms with Crippen LogP contribution >= 0.6 is 0 Å². The smallest absolute Gasteiger partial charge is 0.409 e. The molecule has 2 aliphatic heterocycles. The van der Waals surface area contributed by atoms with E-state index in [0.717, 1.165) is 26.2 Å². The third-order valence-corrected chi connectivity index (χ3v) is 5.00. The molecule has 4 nitrogen and oxygen atoms in total. The fourth-order valence-electron chi connectivity index (χ4n) is 3.71. The van der Waals surface area contributed by atoms with Crippen molar-refractivity contribution in [2.24, 2.45) is 0 Å². The second-order valence-electron chi connectivity index (χ2n) is 6.50. The van der Waals surface area contributed by atoms with E-state index in [1.807, 2.05) is 0 Å². The fourth-order valence-corrected chi connectivity index (χ4v) is 3.71. The highest BCUT2D eigenvalue weighted by Gasteiger charge is 2.28. The molecule has 24 heavy (non-hydrogen) atoms. The van der Waals surface area contributed by atoms with Crippen molar-refractivity contribution in [2.75, 3.05) is 32.8 Å². The molecule has 0 unspecified atom stereocenters. The number of benzene rings is 2. The van der Waals surface area contributed by atoms with Crippen LogP contribution in [0.2, 0.25) is 0 Å². The maximum atomic E-state index is 11.6. The third-order valence-electron chi connectivity index (χ3n) is 5.00. The number of carbonyl (C=O) groups is 1. The van der Waals surface area contributed by atoms with Crippen LogP contribution in [0.15, 0.2) is 54.6 Å². The molecule has 2 aromatic rings. The number of amides is 1. The Bertz CT molecular complexity index is 717. The maximum absolute atomic E-state index is 11.6. The Morgan fingerprint density at radius 3 is 2.58 bits per heavy atom. The van der Waals surface area contributed by atoms with Crippen LogP contribution in [0.4, 0.5) is 4.79 Å². The lowest BCUT2D eigenvalue weighted by molar-refractivity contribution is 0.151. The fraction of sp³-hybridized carbons (Fsp3) is 0.350. The molecule has 124 valence electrons.